The summed E-state index contributed by atoms with van der Waals surface area (Å²) in [6, 6.07) is 3.28. The molecular formula is C9H9ClO2. The number of aldehydes is 1. The minimum atomic E-state index is 0.530. The minimum absolute atomic E-state index is 0.530. The van der Waals surface area contributed by atoms with E-state index in [2.05, 4.69) is 0 Å². The van der Waals surface area contributed by atoms with Gasteiger partial charge in [-0.3, -0.25) is 4.79 Å². The van der Waals surface area contributed by atoms with Crippen LogP contribution in [0, 0.1) is 6.92 Å². The van der Waals surface area contributed by atoms with E-state index in [4.69, 9.17) is 16.3 Å². The van der Waals surface area contributed by atoms with Gasteiger partial charge < -0.3 is 4.74 Å². The van der Waals surface area contributed by atoms with Crippen LogP contribution in [0.5, 0.6) is 5.75 Å². The first-order valence-corrected chi connectivity index (χ1v) is 3.86. The van der Waals surface area contributed by atoms with Crippen molar-refractivity contribution in [1.82, 2.24) is 0 Å². The maximum absolute atomic E-state index is 10.4. The van der Waals surface area contributed by atoms with Gasteiger partial charge in [-0.25, -0.2) is 0 Å². The van der Waals surface area contributed by atoms with E-state index in [9.17, 15) is 4.79 Å². The zero-order chi connectivity index (χ0) is 9.14. The van der Waals surface area contributed by atoms with Crippen molar-refractivity contribution in [2.45, 2.75) is 6.92 Å². The van der Waals surface area contributed by atoms with Gasteiger partial charge in [0, 0.05) is 16.1 Å². The molecule has 0 fully saturated rings. The first-order chi connectivity index (χ1) is 5.69. The van der Waals surface area contributed by atoms with Crippen molar-refractivity contribution in [2.75, 3.05) is 7.11 Å². The number of halogens is 1. The van der Waals surface area contributed by atoms with Crippen LogP contribution in [-0.4, -0.2) is 13.4 Å². The van der Waals surface area contributed by atoms with Crippen molar-refractivity contribution >= 4 is 17.9 Å². The summed E-state index contributed by atoms with van der Waals surface area (Å²) in [6.07, 6.45) is 0.744. The highest BCUT2D eigenvalue weighted by molar-refractivity contribution is 6.31. The predicted octanol–water partition coefficient (Wildman–Crippen LogP) is 2.47. The number of carbonyl (C=O) groups is 1. The molecule has 2 nitrogen and oxygen atoms in total. The molecule has 12 heavy (non-hydrogen) atoms. The molecular weight excluding hydrogens is 176 g/mol. The molecule has 0 bridgehead atoms. The zero-order valence-corrected chi connectivity index (χ0v) is 7.68. The summed E-state index contributed by atoms with van der Waals surface area (Å²) in [7, 11) is 1.55. The number of hydrogen-bond acceptors (Lipinski definition) is 2. The van der Waals surface area contributed by atoms with Gasteiger partial charge in [-0.1, -0.05) is 11.6 Å². The van der Waals surface area contributed by atoms with E-state index in [-0.39, 0.29) is 0 Å². The summed E-state index contributed by atoms with van der Waals surface area (Å²) in [6.45, 7) is 1.84. The first kappa shape index (κ1) is 9.07. The number of carbonyl (C=O) groups excluding carboxylic acids is 1. The number of benzene rings is 1. The molecule has 0 spiro atoms. The molecule has 0 radical (unpaired) electrons. The van der Waals surface area contributed by atoms with Crippen LogP contribution in [0.15, 0.2) is 12.1 Å². The van der Waals surface area contributed by atoms with Crippen LogP contribution in [0.2, 0.25) is 5.02 Å². The largest absolute Gasteiger partial charge is 0.496 e. The number of ether oxygens (including phenoxy) is 1. The lowest BCUT2D eigenvalue weighted by atomic mass is 10.1. The van der Waals surface area contributed by atoms with Crippen LogP contribution in [0.1, 0.15) is 15.9 Å². The lowest BCUT2D eigenvalue weighted by Gasteiger charge is -2.06. The van der Waals surface area contributed by atoms with Gasteiger partial charge in [-0.05, 0) is 19.1 Å². The van der Waals surface area contributed by atoms with Crippen molar-refractivity contribution in [2.24, 2.45) is 0 Å². The Morgan fingerprint density at radius 3 is 2.67 bits per heavy atom. The van der Waals surface area contributed by atoms with Gasteiger partial charge in [0.2, 0.25) is 0 Å². The van der Waals surface area contributed by atoms with Crippen molar-refractivity contribution in [3.63, 3.8) is 0 Å². The van der Waals surface area contributed by atoms with Crippen LogP contribution in [0.3, 0.4) is 0 Å². The second kappa shape index (κ2) is 3.59. The SMILES string of the molecule is COc1cc(C=O)cc(Cl)c1C. The van der Waals surface area contributed by atoms with Crippen LogP contribution >= 0.6 is 11.6 Å². The van der Waals surface area contributed by atoms with E-state index in [1.165, 1.54) is 0 Å². The van der Waals surface area contributed by atoms with E-state index in [0.717, 1.165) is 11.8 Å². The highest BCUT2D eigenvalue weighted by Gasteiger charge is 2.04. The van der Waals surface area contributed by atoms with Gasteiger partial charge in [0.25, 0.3) is 0 Å². The monoisotopic (exact) mass is 184 g/mol. The van der Waals surface area contributed by atoms with E-state index in [0.29, 0.717) is 16.3 Å². The highest BCUT2D eigenvalue weighted by Crippen LogP contribution is 2.26. The molecule has 0 unspecified atom stereocenters. The highest BCUT2D eigenvalue weighted by atomic mass is 35.5. The molecule has 0 saturated heterocycles. The zero-order valence-electron chi connectivity index (χ0n) is 6.93. The Balaban J connectivity index is 3.28. The molecule has 0 aliphatic rings. The van der Waals surface area contributed by atoms with Crippen molar-refractivity contribution in [3.8, 4) is 5.75 Å². The second-order valence-electron chi connectivity index (χ2n) is 2.45. The Morgan fingerprint density at radius 1 is 1.50 bits per heavy atom. The summed E-state index contributed by atoms with van der Waals surface area (Å²) in [5, 5.41) is 0.552. The molecule has 1 aromatic carbocycles. The topological polar surface area (TPSA) is 26.3 Å². The molecule has 0 aromatic heterocycles. The van der Waals surface area contributed by atoms with Crippen LogP contribution in [0.25, 0.3) is 0 Å². The molecule has 64 valence electrons. The van der Waals surface area contributed by atoms with Crippen LogP contribution in [0.4, 0.5) is 0 Å². The molecule has 3 heteroatoms. The van der Waals surface area contributed by atoms with Gasteiger partial charge in [0.05, 0.1) is 7.11 Å². The van der Waals surface area contributed by atoms with Gasteiger partial charge >= 0.3 is 0 Å². The van der Waals surface area contributed by atoms with Gasteiger partial charge in [0.15, 0.2) is 0 Å². The fourth-order valence-corrected chi connectivity index (χ4v) is 1.17. The lowest BCUT2D eigenvalue weighted by molar-refractivity contribution is 0.112. The molecule has 0 atom stereocenters. The number of hydrogen-bond donors (Lipinski definition) is 0. The molecule has 1 aromatic rings. The summed E-state index contributed by atoms with van der Waals surface area (Å²) in [5.41, 5.74) is 1.38. The van der Waals surface area contributed by atoms with Gasteiger partial charge in [0.1, 0.15) is 12.0 Å². The molecule has 0 aliphatic carbocycles. The third kappa shape index (κ3) is 1.59. The van der Waals surface area contributed by atoms with E-state index in [1.807, 2.05) is 6.92 Å². The van der Waals surface area contributed by atoms with Gasteiger partial charge in [-0.2, -0.15) is 0 Å². The van der Waals surface area contributed by atoms with E-state index < -0.39 is 0 Å². The summed E-state index contributed by atoms with van der Waals surface area (Å²) >= 11 is 5.84. The Hall–Kier alpha value is -1.02. The molecule has 0 saturated carbocycles. The van der Waals surface area contributed by atoms with Crippen molar-refractivity contribution in [1.29, 1.82) is 0 Å². The molecule has 0 N–H and O–H groups in total. The van der Waals surface area contributed by atoms with Crippen molar-refractivity contribution < 1.29 is 9.53 Å². The predicted molar refractivity (Wildman–Crippen MR) is 48.1 cm³/mol. The summed E-state index contributed by atoms with van der Waals surface area (Å²) in [5.74, 6) is 0.643. The Labute approximate surface area is 76.1 Å². The Kier molecular flexibility index (Phi) is 2.71. The maximum Gasteiger partial charge on any atom is 0.150 e. The fourth-order valence-electron chi connectivity index (χ4n) is 0.954. The van der Waals surface area contributed by atoms with Crippen molar-refractivity contribution in [3.05, 3.63) is 28.3 Å². The third-order valence-corrected chi connectivity index (χ3v) is 2.07. The standard InChI is InChI=1S/C9H9ClO2/c1-6-8(10)3-7(5-11)4-9(6)12-2/h3-5H,1-2H3. The van der Waals surface area contributed by atoms with E-state index >= 15 is 0 Å². The quantitative estimate of drug-likeness (QED) is 0.660. The lowest BCUT2D eigenvalue weighted by Crippen LogP contribution is -1.90. The third-order valence-electron chi connectivity index (χ3n) is 1.67. The number of rotatable bonds is 2. The molecule has 0 aliphatic heterocycles. The average molecular weight is 185 g/mol. The number of methoxy groups -OCH3 is 1. The van der Waals surface area contributed by atoms with Crippen LogP contribution < -0.4 is 4.74 Å². The molecule has 0 amide bonds. The summed E-state index contributed by atoms with van der Waals surface area (Å²) in [4.78, 5) is 10.4. The average Bonchev–Trinajstić information content (AvgIpc) is 2.09. The van der Waals surface area contributed by atoms with Gasteiger partial charge in [-0.15, -0.1) is 0 Å². The fraction of sp³-hybridized carbons (Fsp3) is 0.222. The molecule has 1 rings (SSSR count). The second-order valence-corrected chi connectivity index (χ2v) is 2.86. The Bertz CT molecular complexity index is 308. The first-order valence-electron chi connectivity index (χ1n) is 3.48. The Morgan fingerprint density at radius 2 is 2.17 bits per heavy atom. The normalized spacial score (nSPS) is 9.58. The maximum atomic E-state index is 10.4. The van der Waals surface area contributed by atoms with E-state index in [1.54, 1.807) is 19.2 Å². The van der Waals surface area contributed by atoms with Crippen LogP contribution in [-0.2, 0) is 0 Å². The smallest absolute Gasteiger partial charge is 0.150 e. The molecule has 0 heterocycles. The minimum Gasteiger partial charge on any atom is -0.496 e. The summed E-state index contributed by atoms with van der Waals surface area (Å²) < 4.78 is 5.02.